The molecule has 0 bridgehead atoms. The second kappa shape index (κ2) is 11.3. The summed E-state index contributed by atoms with van der Waals surface area (Å²) in [5.41, 5.74) is 0.199. The molecule has 1 N–H and O–H groups in total. The SMILES string of the molecule is CCOC(=O)C(C=Nc1cccc(CN2CCCCC2)c1)=C(O)c1cc(F)c(F)c(Cl)c1F. The molecular weight excluding hydrogens is 457 g/mol. The van der Waals surface area contributed by atoms with Crippen molar-refractivity contribution in [3.05, 3.63) is 69.5 Å². The molecule has 0 unspecified atom stereocenters. The number of benzene rings is 2. The zero-order valence-electron chi connectivity index (χ0n) is 18.1. The molecule has 9 heteroatoms. The predicted octanol–water partition coefficient (Wildman–Crippen LogP) is 5.98. The number of halogens is 4. The summed E-state index contributed by atoms with van der Waals surface area (Å²) in [4.78, 5) is 19.0. The molecule has 0 aromatic heterocycles. The van der Waals surface area contributed by atoms with Crippen LogP contribution in [0.4, 0.5) is 18.9 Å². The second-order valence-corrected chi connectivity index (χ2v) is 7.97. The summed E-state index contributed by atoms with van der Waals surface area (Å²) in [7, 11) is 0. The summed E-state index contributed by atoms with van der Waals surface area (Å²) in [6.45, 7) is 4.32. The van der Waals surface area contributed by atoms with Crippen LogP contribution in [0.15, 0.2) is 40.9 Å². The fourth-order valence-electron chi connectivity index (χ4n) is 3.56. The van der Waals surface area contributed by atoms with Gasteiger partial charge in [-0.3, -0.25) is 9.89 Å². The van der Waals surface area contributed by atoms with Gasteiger partial charge in [-0.25, -0.2) is 18.0 Å². The van der Waals surface area contributed by atoms with E-state index in [1.807, 2.05) is 18.2 Å². The number of esters is 1. The molecule has 3 rings (SSSR count). The molecule has 2 aromatic carbocycles. The fraction of sp³-hybridized carbons (Fsp3) is 0.333. The van der Waals surface area contributed by atoms with Gasteiger partial charge in [-0.05, 0) is 56.6 Å². The smallest absolute Gasteiger partial charge is 0.343 e. The van der Waals surface area contributed by atoms with E-state index in [1.165, 1.54) is 6.42 Å². The number of carbonyl (C=O) groups excluding carboxylic acids is 1. The van der Waals surface area contributed by atoms with Crippen molar-refractivity contribution >= 4 is 35.2 Å². The highest BCUT2D eigenvalue weighted by Gasteiger charge is 2.24. The molecule has 1 heterocycles. The average Bonchev–Trinajstić information content (AvgIpc) is 2.81. The van der Waals surface area contributed by atoms with E-state index in [4.69, 9.17) is 16.3 Å². The van der Waals surface area contributed by atoms with Crippen molar-refractivity contribution in [1.82, 2.24) is 4.90 Å². The van der Waals surface area contributed by atoms with Crippen molar-refractivity contribution in [3.63, 3.8) is 0 Å². The number of hydrogen-bond donors (Lipinski definition) is 1. The second-order valence-electron chi connectivity index (χ2n) is 7.60. The van der Waals surface area contributed by atoms with Crippen LogP contribution in [-0.2, 0) is 16.1 Å². The van der Waals surface area contributed by atoms with Crippen LogP contribution < -0.4 is 0 Å². The maximum Gasteiger partial charge on any atom is 0.343 e. The first-order chi connectivity index (χ1) is 15.8. The molecule has 5 nitrogen and oxygen atoms in total. The van der Waals surface area contributed by atoms with Gasteiger partial charge in [-0.15, -0.1) is 0 Å². The molecule has 1 aliphatic rings. The molecule has 1 saturated heterocycles. The van der Waals surface area contributed by atoms with Crippen molar-refractivity contribution < 1.29 is 27.8 Å². The van der Waals surface area contributed by atoms with Gasteiger partial charge in [0.1, 0.15) is 16.4 Å². The summed E-state index contributed by atoms with van der Waals surface area (Å²) < 4.78 is 46.6. The van der Waals surface area contributed by atoms with E-state index < -0.39 is 45.3 Å². The van der Waals surface area contributed by atoms with Crippen LogP contribution in [0.5, 0.6) is 0 Å². The minimum Gasteiger partial charge on any atom is -0.506 e. The summed E-state index contributed by atoms with van der Waals surface area (Å²) >= 11 is 5.47. The van der Waals surface area contributed by atoms with Crippen molar-refractivity contribution in [2.45, 2.75) is 32.7 Å². The number of likely N-dealkylation sites (tertiary alicyclic amines) is 1. The summed E-state index contributed by atoms with van der Waals surface area (Å²) in [6, 6.07) is 7.73. The standard InChI is InChI=1S/C24H24ClF3N2O3/c1-2-33-24(32)18(23(31)17-12-19(26)22(28)20(25)21(17)27)13-29-16-8-6-7-15(11-16)14-30-9-4-3-5-10-30/h6-8,11-13,31H,2-5,9-10,14H2,1H3. The molecule has 0 amide bonds. The monoisotopic (exact) mass is 480 g/mol. The molecule has 0 aliphatic carbocycles. The number of piperidine rings is 1. The van der Waals surface area contributed by atoms with Gasteiger partial charge in [0.15, 0.2) is 17.5 Å². The maximum atomic E-state index is 14.4. The predicted molar refractivity (Wildman–Crippen MR) is 121 cm³/mol. The van der Waals surface area contributed by atoms with Crippen molar-refractivity contribution in [2.24, 2.45) is 4.99 Å². The van der Waals surface area contributed by atoms with Gasteiger partial charge in [0.2, 0.25) is 0 Å². The Morgan fingerprint density at radius 2 is 1.91 bits per heavy atom. The van der Waals surface area contributed by atoms with E-state index in [0.717, 1.165) is 44.3 Å². The van der Waals surface area contributed by atoms with Gasteiger partial charge in [0, 0.05) is 12.8 Å². The Morgan fingerprint density at radius 1 is 1.18 bits per heavy atom. The van der Waals surface area contributed by atoms with Gasteiger partial charge < -0.3 is 9.84 Å². The first-order valence-corrected chi connectivity index (χ1v) is 11.0. The number of aliphatic hydroxyl groups excluding tert-OH is 1. The third-order valence-corrected chi connectivity index (χ3v) is 5.55. The van der Waals surface area contributed by atoms with Crippen LogP contribution in [0, 0.1) is 17.5 Å². The van der Waals surface area contributed by atoms with Crippen molar-refractivity contribution in [1.29, 1.82) is 0 Å². The van der Waals surface area contributed by atoms with E-state index in [1.54, 1.807) is 13.0 Å². The molecule has 1 fully saturated rings. The third kappa shape index (κ3) is 6.15. The average molecular weight is 481 g/mol. The lowest BCUT2D eigenvalue weighted by Gasteiger charge is -2.26. The highest BCUT2D eigenvalue weighted by atomic mass is 35.5. The Morgan fingerprint density at radius 3 is 2.61 bits per heavy atom. The minimum atomic E-state index is -1.59. The fourth-order valence-corrected chi connectivity index (χ4v) is 3.75. The molecule has 0 spiro atoms. The molecule has 0 radical (unpaired) electrons. The van der Waals surface area contributed by atoms with E-state index in [9.17, 15) is 23.1 Å². The Labute approximate surface area is 195 Å². The molecule has 0 saturated carbocycles. The molecule has 33 heavy (non-hydrogen) atoms. The van der Waals surface area contributed by atoms with E-state index in [-0.39, 0.29) is 6.61 Å². The Bertz CT molecular complexity index is 1080. The number of nitrogens with zero attached hydrogens (tertiary/aromatic N) is 2. The van der Waals surface area contributed by atoms with Crippen LogP contribution >= 0.6 is 11.6 Å². The van der Waals surface area contributed by atoms with Crippen LogP contribution in [-0.4, -0.2) is 41.9 Å². The molecule has 176 valence electrons. The molecular formula is C24H24ClF3N2O3. The topological polar surface area (TPSA) is 62.1 Å². The van der Waals surface area contributed by atoms with Gasteiger partial charge in [-0.2, -0.15) is 0 Å². The minimum absolute atomic E-state index is 0.0320. The summed E-state index contributed by atoms with van der Waals surface area (Å²) in [5.74, 6) is -6.47. The molecule has 1 aliphatic heterocycles. The van der Waals surface area contributed by atoms with Gasteiger partial charge in [0.05, 0.1) is 17.9 Å². The van der Waals surface area contributed by atoms with Crippen LogP contribution in [0.1, 0.15) is 37.3 Å². The Hall–Kier alpha value is -2.84. The van der Waals surface area contributed by atoms with E-state index in [0.29, 0.717) is 11.8 Å². The van der Waals surface area contributed by atoms with Crippen LogP contribution in [0.2, 0.25) is 5.02 Å². The van der Waals surface area contributed by atoms with Crippen LogP contribution in [0.25, 0.3) is 5.76 Å². The zero-order chi connectivity index (χ0) is 24.0. The van der Waals surface area contributed by atoms with Crippen LogP contribution in [0.3, 0.4) is 0 Å². The summed E-state index contributed by atoms with van der Waals surface area (Å²) in [6.07, 6.45) is 4.56. The number of aliphatic hydroxyl groups is 1. The van der Waals surface area contributed by atoms with Gasteiger partial charge >= 0.3 is 5.97 Å². The third-order valence-electron chi connectivity index (χ3n) is 5.22. The zero-order valence-corrected chi connectivity index (χ0v) is 18.8. The number of carbonyl (C=O) groups is 1. The van der Waals surface area contributed by atoms with Gasteiger partial charge in [-0.1, -0.05) is 30.2 Å². The molecule has 0 atom stereocenters. The first kappa shape index (κ1) is 24.8. The Kier molecular flexibility index (Phi) is 8.52. The lowest BCUT2D eigenvalue weighted by molar-refractivity contribution is -0.137. The first-order valence-electron chi connectivity index (χ1n) is 10.6. The molecule has 2 aromatic rings. The quantitative estimate of drug-likeness (QED) is 0.132. The normalized spacial score (nSPS) is 15.5. The van der Waals surface area contributed by atoms with Gasteiger partial charge in [0.25, 0.3) is 0 Å². The van der Waals surface area contributed by atoms with Crippen molar-refractivity contribution in [3.8, 4) is 0 Å². The van der Waals surface area contributed by atoms with Crippen molar-refractivity contribution in [2.75, 3.05) is 19.7 Å². The lowest BCUT2D eigenvalue weighted by atomic mass is 10.1. The largest absolute Gasteiger partial charge is 0.506 e. The number of hydrogen-bond acceptors (Lipinski definition) is 5. The van der Waals surface area contributed by atoms with E-state index in [2.05, 4.69) is 9.89 Å². The Balaban J connectivity index is 1.94. The lowest BCUT2D eigenvalue weighted by Crippen LogP contribution is -2.28. The van der Waals surface area contributed by atoms with E-state index >= 15 is 0 Å². The summed E-state index contributed by atoms with van der Waals surface area (Å²) in [5, 5.41) is 9.40. The highest BCUT2D eigenvalue weighted by molar-refractivity contribution is 6.31. The number of rotatable bonds is 7. The number of aliphatic imine (C=N–C) groups is 1. The highest BCUT2D eigenvalue weighted by Crippen LogP contribution is 2.29. The number of ether oxygens (including phenoxy) is 1. The maximum absolute atomic E-state index is 14.4.